The molecule has 10 heteroatoms. The van der Waals surface area contributed by atoms with Gasteiger partial charge in [-0.25, -0.2) is 13.8 Å². The first-order valence-electron chi connectivity index (χ1n) is 9.91. The van der Waals surface area contributed by atoms with Crippen LogP contribution in [0.25, 0.3) is 0 Å². The summed E-state index contributed by atoms with van der Waals surface area (Å²) in [6.07, 6.45) is 1.67. The fourth-order valence-electron chi connectivity index (χ4n) is 3.57. The van der Waals surface area contributed by atoms with Gasteiger partial charge in [0.15, 0.2) is 11.5 Å². The molecule has 2 fully saturated rings. The van der Waals surface area contributed by atoms with Crippen LogP contribution in [0.2, 0.25) is 0 Å². The van der Waals surface area contributed by atoms with Crippen molar-refractivity contribution in [1.29, 1.82) is 0 Å². The second kappa shape index (κ2) is 7.44. The SMILES string of the molecule is COc1nc(N2CC(F)(F)C2)c(C2CC2)nc1C(=O)N[C@](C)(C(N)=O)c1ccccc1. The fourth-order valence-corrected chi connectivity index (χ4v) is 3.57. The van der Waals surface area contributed by atoms with E-state index in [4.69, 9.17) is 10.5 Å². The summed E-state index contributed by atoms with van der Waals surface area (Å²) in [5.41, 5.74) is 4.98. The van der Waals surface area contributed by atoms with Gasteiger partial charge in [0.1, 0.15) is 5.54 Å². The van der Waals surface area contributed by atoms with Crippen LogP contribution in [0, 0.1) is 0 Å². The van der Waals surface area contributed by atoms with E-state index in [-0.39, 0.29) is 17.5 Å². The van der Waals surface area contributed by atoms with Crippen LogP contribution in [0.5, 0.6) is 5.88 Å². The number of nitrogens with two attached hydrogens (primary N) is 1. The van der Waals surface area contributed by atoms with E-state index in [1.165, 1.54) is 18.9 Å². The summed E-state index contributed by atoms with van der Waals surface area (Å²) in [6, 6.07) is 8.59. The number of benzene rings is 1. The zero-order chi connectivity index (χ0) is 22.4. The Bertz CT molecular complexity index is 1020. The van der Waals surface area contributed by atoms with Crippen molar-refractivity contribution in [3.05, 3.63) is 47.3 Å². The Morgan fingerprint density at radius 1 is 1.23 bits per heavy atom. The predicted molar refractivity (Wildman–Crippen MR) is 108 cm³/mol. The highest BCUT2D eigenvalue weighted by atomic mass is 19.3. The van der Waals surface area contributed by atoms with E-state index in [0.717, 1.165) is 12.8 Å². The third kappa shape index (κ3) is 3.89. The number of aromatic nitrogens is 2. The maximum absolute atomic E-state index is 13.4. The third-order valence-corrected chi connectivity index (χ3v) is 5.60. The molecular formula is C21H23F2N5O3. The van der Waals surface area contributed by atoms with Crippen molar-refractivity contribution >= 4 is 17.6 Å². The number of alkyl halides is 2. The van der Waals surface area contributed by atoms with Crippen molar-refractivity contribution in [2.45, 2.75) is 37.1 Å². The first kappa shape index (κ1) is 21.0. The Morgan fingerprint density at radius 2 is 1.87 bits per heavy atom. The minimum atomic E-state index is -2.77. The number of ether oxygens (including phenoxy) is 1. The number of nitrogens with zero attached hydrogens (tertiary/aromatic N) is 3. The zero-order valence-corrected chi connectivity index (χ0v) is 17.2. The van der Waals surface area contributed by atoms with Gasteiger partial charge in [-0.15, -0.1) is 0 Å². The van der Waals surface area contributed by atoms with Gasteiger partial charge in [-0.1, -0.05) is 30.3 Å². The Labute approximate surface area is 177 Å². The summed E-state index contributed by atoms with van der Waals surface area (Å²) in [7, 11) is 1.32. The Kier molecular flexibility index (Phi) is 5.03. The van der Waals surface area contributed by atoms with Crippen LogP contribution in [-0.2, 0) is 10.3 Å². The van der Waals surface area contributed by atoms with E-state index in [2.05, 4.69) is 15.3 Å². The maximum Gasteiger partial charge on any atom is 0.282 e. The first-order valence-corrected chi connectivity index (χ1v) is 9.91. The lowest BCUT2D eigenvalue weighted by Gasteiger charge is -2.40. The molecule has 164 valence electrons. The molecule has 1 aliphatic heterocycles. The quantitative estimate of drug-likeness (QED) is 0.693. The molecule has 2 aromatic rings. The summed E-state index contributed by atoms with van der Waals surface area (Å²) >= 11 is 0. The van der Waals surface area contributed by atoms with Gasteiger partial charge in [-0.3, -0.25) is 9.59 Å². The average molecular weight is 431 g/mol. The molecule has 1 saturated carbocycles. The number of carbonyl (C=O) groups excluding carboxylic acids is 2. The van der Waals surface area contributed by atoms with Gasteiger partial charge < -0.3 is 20.7 Å². The molecule has 2 heterocycles. The smallest absolute Gasteiger partial charge is 0.282 e. The van der Waals surface area contributed by atoms with E-state index in [1.807, 2.05) is 0 Å². The van der Waals surface area contributed by atoms with Crippen molar-refractivity contribution in [3.8, 4) is 5.88 Å². The molecule has 0 radical (unpaired) electrons. The van der Waals surface area contributed by atoms with Crippen LogP contribution >= 0.6 is 0 Å². The molecule has 8 nitrogen and oxygen atoms in total. The Morgan fingerprint density at radius 3 is 2.39 bits per heavy atom. The van der Waals surface area contributed by atoms with Crippen LogP contribution in [0.1, 0.15) is 47.4 Å². The highest BCUT2D eigenvalue weighted by Gasteiger charge is 2.47. The molecule has 4 rings (SSSR count). The highest BCUT2D eigenvalue weighted by Crippen LogP contribution is 2.45. The van der Waals surface area contributed by atoms with Crippen molar-refractivity contribution in [1.82, 2.24) is 15.3 Å². The molecule has 3 N–H and O–H groups in total. The van der Waals surface area contributed by atoms with Gasteiger partial charge in [0.2, 0.25) is 11.8 Å². The molecule has 1 aliphatic carbocycles. The fraction of sp³-hybridized carbons (Fsp3) is 0.429. The van der Waals surface area contributed by atoms with Crippen LogP contribution in [0.3, 0.4) is 0 Å². The standard InChI is InChI=1S/C21H23F2N5O3/c1-20(19(24)30,13-6-4-3-5-7-13)27-17(29)15-18(31-2)26-16(14(25-15)12-8-9-12)28-10-21(22,23)11-28/h3-7,12H,8-11H2,1-2H3,(H2,24,30)(H,27,29)/t20-/m0/s1. The van der Waals surface area contributed by atoms with E-state index in [9.17, 15) is 18.4 Å². The summed E-state index contributed by atoms with van der Waals surface area (Å²) in [6.45, 7) is 0.592. The van der Waals surface area contributed by atoms with Crippen molar-refractivity contribution < 1.29 is 23.1 Å². The number of hydrogen-bond donors (Lipinski definition) is 2. The van der Waals surface area contributed by atoms with E-state index in [1.54, 1.807) is 30.3 Å². The predicted octanol–water partition coefficient (Wildman–Crippen LogP) is 1.95. The van der Waals surface area contributed by atoms with E-state index >= 15 is 0 Å². The summed E-state index contributed by atoms with van der Waals surface area (Å²) in [4.78, 5) is 35.6. The molecule has 0 unspecified atom stereocenters. The molecular weight excluding hydrogens is 408 g/mol. The number of halogens is 2. The molecule has 2 amide bonds. The molecule has 1 atom stereocenters. The zero-order valence-electron chi connectivity index (χ0n) is 17.2. The second-order valence-electron chi connectivity index (χ2n) is 8.09. The number of primary amides is 1. The number of hydrogen-bond acceptors (Lipinski definition) is 6. The molecule has 2 aliphatic rings. The van der Waals surface area contributed by atoms with Gasteiger partial charge in [-0.2, -0.15) is 4.98 Å². The molecule has 31 heavy (non-hydrogen) atoms. The lowest BCUT2D eigenvalue weighted by atomic mass is 9.91. The van der Waals surface area contributed by atoms with Gasteiger partial charge in [0.25, 0.3) is 11.8 Å². The van der Waals surface area contributed by atoms with Crippen LogP contribution in [-0.4, -0.2) is 47.9 Å². The van der Waals surface area contributed by atoms with Crippen molar-refractivity contribution in [2.24, 2.45) is 5.73 Å². The highest BCUT2D eigenvalue weighted by molar-refractivity contribution is 5.99. The number of carbonyl (C=O) groups is 2. The average Bonchev–Trinajstić information content (AvgIpc) is 3.56. The lowest BCUT2D eigenvalue weighted by molar-refractivity contribution is -0.123. The van der Waals surface area contributed by atoms with Gasteiger partial charge >= 0.3 is 0 Å². The Balaban J connectivity index is 1.69. The van der Waals surface area contributed by atoms with Crippen LogP contribution in [0.15, 0.2) is 30.3 Å². The minimum Gasteiger partial charge on any atom is -0.479 e. The summed E-state index contributed by atoms with van der Waals surface area (Å²) in [5.74, 6) is -3.97. The van der Waals surface area contributed by atoms with Crippen molar-refractivity contribution in [2.75, 3.05) is 25.1 Å². The maximum atomic E-state index is 13.4. The number of amides is 2. The van der Waals surface area contributed by atoms with Gasteiger partial charge in [0.05, 0.1) is 25.9 Å². The van der Waals surface area contributed by atoms with E-state index in [0.29, 0.717) is 17.1 Å². The topological polar surface area (TPSA) is 110 Å². The van der Waals surface area contributed by atoms with Gasteiger partial charge in [0, 0.05) is 5.92 Å². The number of methoxy groups -OCH3 is 1. The second-order valence-corrected chi connectivity index (χ2v) is 8.09. The monoisotopic (exact) mass is 431 g/mol. The molecule has 1 aromatic carbocycles. The summed E-state index contributed by atoms with van der Waals surface area (Å²) in [5, 5.41) is 2.65. The molecule has 1 aromatic heterocycles. The molecule has 1 saturated heterocycles. The van der Waals surface area contributed by atoms with Crippen LogP contribution < -0.4 is 20.7 Å². The largest absolute Gasteiger partial charge is 0.479 e. The normalized spacial score (nSPS) is 19.2. The van der Waals surface area contributed by atoms with Crippen molar-refractivity contribution in [3.63, 3.8) is 0 Å². The summed E-state index contributed by atoms with van der Waals surface area (Å²) < 4.78 is 32.1. The Hall–Kier alpha value is -3.30. The number of rotatable bonds is 7. The minimum absolute atomic E-state index is 0.0471. The molecule has 0 bridgehead atoms. The third-order valence-electron chi connectivity index (χ3n) is 5.60. The first-order chi connectivity index (χ1) is 14.6. The van der Waals surface area contributed by atoms with E-state index < -0.39 is 36.4 Å². The number of anilines is 1. The number of nitrogens with one attached hydrogen (secondary N) is 1. The molecule has 0 spiro atoms. The van der Waals surface area contributed by atoms with Crippen LogP contribution in [0.4, 0.5) is 14.6 Å². The van der Waals surface area contributed by atoms with Gasteiger partial charge in [-0.05, 0) is 25.3 Å². The lowest BCUT2D eigenvalue weighted by Crippen LogP contribution is -2.57.